The van der Waals surface area contributed by atoms with Crippen molar-refractivity contribution in [3.8, 4) is 0 Å². The van der Waals surface area contributed by atoms with E-state index in [4.69, 9.17) is 4.74 Å². The molecule has 0 aromatic rings. The number of carbonyl (C=O) groups is 2. The van der Waals surface area contributed by atoms with Gasteiger partial charge in [0, 0.05) is 36.0 Å². The van der Waals surface area contributed by atoms with Gasteiger partial charge in [-0.3, -0.25) is 9.59 Å². The Bertz CT molecular complexity index is 846. The highest BCUT2D eigenvalue weighted by atomic mass is 16.6. The molecule has 0 aromatic heterocycles. The summed E-state index contributed by atoms with van der Waals surface area (Å²) in [6.07, 6.45) is 6.28. The first-order valence-corrected chi connectivity index (χ1v) is 11.0. The van der Waals surface area contributed by atoms with Crippen molar-refractivity contribution >= 4 is 11.8 Å². The van der Waals surface area contributed by atoms with Gasteiger partial charge in [0.25, 0.3) is 0 Å². The zero-order valence-electron chi connectivity index (χ0n) is 16.8. The average Bonchev–Trinajstić information content (AvgIpc) is 3.52. The molecule has 152 valence electrons. The molecule has 0 radical (unpaired) electrons. The molecule has 6 aliphatic rings. The number of ether oxygens (including phenoxy) is 1. The lowest BCUT2D eigenvalue weighted by atomic mass is 9.46. The predicted octanol–water partition coefficient (Wildman–Crippen LogP) is 3.25. The van der Waals surface area contributed by atoms with Crippen molar-refractivity contribution in [1.82, 2.24) is 0 Å². The number of allylic oxidation sites excluding steroid dienone is 1. The van der Waals surface area contributed by atoms with Gasteiger partial charge in [-0.05, 0) is 50.4 Å². The first-order chi connectivity index (χ1) is 13.2. The maximum atomic E-state index is 12.2. The fraction of sp³-hybridized carbons (Fsp3) is 0.826. The number of aliphatic carboxylic acids is 1. The van der Waals surface area contributed by atoms with Crippen LogP contribution >= 0.6 is 0 Å². The SMILES string of the molecule is C[C@]12CCC(=O)CC1=C1C[C@@H]1[C@H]1[C@@H]3CC[C@@](O)(CCC(=O)O)[C@@]3(C)CC3O[C@]312. The van der Waals surface area contributed by atoms with Gasteiger partial charge >= 0.3 is 5.97 Å². The predicted molar refractivity (Wildman–Crippen MR) is 100 cm³/mol. The van der Waals surface area contributed by atoms with Gasteiger partial charge in [-0.2, -0.15) is 0 Å². The van der Waals surface area contributed by atoms with E-state index in [2.05, 4.69) is 13.8 Å². The molecule has 0 bridgehead atoms. The molecule has 5 fully saturated rings. The van der Waals surface area contributed by atoms with Gasteiger partial charge in [-0.25, -0.2) is 0 Å². The number of hydrogen-bond acceptors (Lipinski definition) is 4. The minimum Gasteiger partial charge on any atom is -0.481 e. The molecule has 1 aliphatic heterocycles. The first-order valence-electron chi connectivity index (χ1n) is 11.0. The lowest BCUT2D eigenvalue weighted by molar-refractivity contribution is -0.143. The number of epoxide rings is 1. The van der Waals surface area contributed by atoms with E-state index in [0.717, 1.165) is 25.7 Å². The third kappa shape index (κ3) is 1.78. The highest BCUT2D eigenvalue weighted by molar-refractivity contribution is 5.84. The molecule has 0 amide bonds. The van der Waals surface area contributed by atoms with Crippen LogP contribution in [0.3, 0.4) is 0 Å². The van der Waals surface area contributed by atoms with Crippen molar-refractivity contribution < 1.29 is 24.5 Å². The second-order valence-electron chi connectivity index (χ2n) is 11.0. The van der Waals surface area contributed by atoms with Crippen molar-refractivity contribution in [3.63, 3.8) is 0 Å². The topological polar surface area (TPSA) is 87.1 Å². The summed E-state index contributed by atoms with van der Waals surface area (Å²) in [5.41, 5.74) is 1.57. The van der Waals surface area contributed by atoms with Gasteiger partial charge in [0.05, 0.1) is 11.7 Å². The largest absolute Gasteiger partial charge is 0.481 e. The van der Waals surface area contributed by atoms with E-state index in [1.807, 2.05) is 0 Å². The molecule has 5 heteroatoms. The molecular formula is C23H30O5. The number of carbonyl (C=O) groups excluding carboxylic acids is 1. The number of fused-ring (bicyclic) bond motifs is 5. The third-order valence-corrected chi connectivity index (χ3v) is 10.2. The molecule has 5 aliphatic carbocycles. The lowest BCUT2D eigenvalue weighted by Gasteiger charge is -2.56. The van der Waals surface area contributed by atoms with Crippen molar-refractivity contribution in [2.24, 2.45) is 28.6 Å². The molecule has 5 nitrogen and oxygen atoms in total. The molecule has 4 saturated carbocycles. The van der Waals surface area contributed by atoms with Crippen molar-refractivity contribution in [2.45, 2.75) is 88.9 Å². The Morgan fingerprint density at radius 2 is 2.07 bits per heavy atom. The minimum atomic E-state index is -0.906. The van der Waals surface area contributed by atoms with Gasteiger partial charge in [0.15, 0.2) is 0 Å². The molecule has 6 rings (SSSR count). The van der Waals surface area contributed by atoms with E-state index >= 15 is 0 Å². The number of ketones is 1. The molecule has 2 N–H and O–H groups in total. The maximum absolute atomic E-state index is 12.2. The van der Waals surface area contributed by atoms with Gasteiger partial charge in [-0.15, -0.1) is 0 Å². The monoisotopic (exact) mass is 386 g/mol. The Morgan fingerprint density at radius 3 is 2.82 bits per heavy atom. The van der Waals surface area contributed by atoms with Crippen LogP contribution < -0.4 is 0 Å². The van der Waals surface area contributed by atoms with Crippen molar-refractivity contribution in [1.29, 1.82) is 0 Å². The van der Waals surface area contributed by atoms with Crippen LogP contribution in [0.1, 0.15) is 71.6 Å². The van der Waals surface area contributed by atoms with Crippen LogP contribution in [-0.4, -0.2) is 39.3 Å². The third-order valence-electron chi connectivity index (χ3n) is 10.2. The highest BCUT2D eigenvalue weighted by Crippen LogP contribution is 2.81. The van der Waals surface area contributed by atoms with Crippen LogP contribution in [0.2, 0.25) is 0 Å². The summed E-state index contributed by atoms with van der Waals surface area (Å²) in [4.78, 5) is 23.4. The summed E-state index contributed by atoms with van der Waals surface area (Å²) < 4.78 is 6.62. The summed E-state index contributed by atoms with van der Waals surface area (Å²) in [5, 5.41) is 20.8. The molecule has 28 heavy (non-hydrogen) atoms. The molecule has 8 atom stereocenters. The molecular weight excluding hydrogens is 356 g/mol. The number of hydrogen-bond donors (Lipinski definition) is 2. The Hall–Kier alpha value is -1.20. The van der Waals surface area contributed by atoms with Gasteiger partial charge in [0.1, 0.15) is 11.4 Å². The number of rotatable bonds is 3. The standard InChI is InChI=1S/C23H30O5/c1-20-6-3-12(24)9-16(20)13-10-14(13)19-15-4-7-22(27,8-5-18(25)26)21(15,2)11-17-23(19,20)28-17/h14-15,17,19,27H,3-11H2,1-2H3,(H,25,26)/t14-,15-,17?,19-,20-,21-,22+,23+/m0/s1. The van der Waals surface area contributed by atoms with Crippen LogP contribution in [0.15, 0.2) is 11.1 Å². The summed E-state index contributed by atoms with van der Waals surface area (Å²) in [5.74, 6) is 0.866. The summed E-state index contributed by atoms with van der Waals surface area (Å²) >= 11 is 0. The Morgan fingerprint density at radius 1 is 1.29 bits per heavy atom. The number of carboxylic acids is 1. The normalized spacial score (nSPS) is 55.6. The van der Waals surface area contributed by atoms with Crippen molar-refractivity contribution in [2.75, 3.05) is 0 Å². The van der Waals surface area contributed by atoms with Crippen LogP contribution in [0.25, 0.3) is 0 Å². The molecule has 1 heterocycles. The van der Waals surface area contributed by atoms with Crippen LogP contribution in [-0.2, 0) is 14.3 Å². The summed E-state index contributed by atoms with van der Waals surface area (Å²) in [6.45, 7) is 4.55. The molecule has 1 unspecified atom stereocenters. The summed E-state index contributed by atoms with van der Waals surface area (Å²) in [6, 6.07) is 0. The minimum absolute atomic E-state index is 0.0261. The number of carboxylic acid groups (broad SMARTS) is 1. The number of aliphatic hydroxyl groups is 1. The Labute approximate surface area is 165 Å². The van der Waals surface area contributed by atoms with E-state index < -0.39 is 11.6 Å². The quantitative estimate of drug-likeness (QED) is 0.574. The number of Topliss-reactive ketones (excluding diaryl/α,β-unsaturated/α-hetero) is 1. The van der Waals surface area contributed by atoms with E-state index in [0.29, 0.717) is 49.2 Å². The van der Waals surface area contributed by atoms with E-state index in [1.54, 1.807) is 0 Å². The van der Waals surface area contributed by atoms with Crippen LogP contribution in [0.5, 0.6) is 0 Å². The average molecular weight is 386 g/mol. The Balaban J connectivity index is 1.41. The Kier molecular flexibility index (Phi) is 3.10. The van der Waals surface area contributed by atoms with Gasteiger partial charge < -0.3 is 14.9 Å². The van der Waals surface area contributed by atoms with E-state index in [9.17, 15) is 19.8 Å². The van der Waals surface area contributed by atoms with E-state index in [1.165, 1.54) is 11.1 Å². The van der Waals surface area contributed by atoms with Crippen molar-refractivity contribution in [3.05, 3.63) is 11.1 Å². The fourth-order valence-electron chi connectivity index (χ4n) is 8.58. The van der Waals surface area contributed by atoms with Crippen LogP contribution in [0, 0.1) is 28.6 Å². The maximum Gasteiger partial charge on any atom is 0.303 e. The summed E-state index contributed by atoms with van der Waals surface area (Å²) in [7, 11) is 0. The molecule has 0 aromatic carbocycles. The zero-order valence-corrected chi connectivity index (χ0v) is 16.8. The zero-order chi connectivity index (χ0) is 19.7. The lowest BCUT2D eigenvalue weighted by Crippen LogP contribution is -2.60. The highest BCUT2D eigenvalue weighted by Gasteiger charge is 2.83. The smallest absolute Gasteiger partial charge is 0.303 e. The molecule has 1 spiro atoms. The molecule has 1 saturated heterocycles. The second kappa shape index (κ2) is 4.92. The second-order valence-corrected chi connectivity index (χ2v) is 11.0. The van der Waals surface area contributed by atoms with Gasteiger partial charge in [0.2, 0.25) is 0 Å². The van der Waals surface area contributed by atoms with Gasteiger partial charge in [-0.1, -0.05) is 25.0 Å². The van der Waals surface area contributed by atoms with E-state index in [-0.39, 0.29) is 29.0 Å². The first kappa shape index (κ1) is 17.6. The van der Waals surface area contributed by atoms with Crippen LogP contribution in [0.4, 0.5) is 0 Å². The fourth-order valence-corrected chi connectivity index (χ4v) is 8.58.